The standard InChI is InChI=1S/C10H7F3INO5S/c11-10(12,13)21(18,19)15-8(16)5-20-9(17)6-1-3-7(14)4-2-6/h1-4H,5H2,(H,15,16)/p-1. The first-order chi connectivity index (χ1) is 9.53. The average molecular weight is 436 g/mol. The molecule has 0 amide bonds. The van der Waals surface area contributed by atoms with Crippen molar-refractivity contribution in [2.24, 2.45) is 4.40 Å². The molecular weight excluding hydrogens is 430 g/mol. The first-order valence-corrected chi connectivity index (χ1v) is 7.54. The van der Waals surface area contributed by atoms with Crippen LogP contribution in [0.4, 0.5) is 13.2 Å². The monoisotopic (exact) mass is 436 g/mol. The fourth-order valence-corrected chi connectivity index (χ4v) is 1.79. The lowest BCUT2D eigenvalue weighted by Gasteiger charge is -2.12. The summed E-state index contributed by atoms with van der Waals surface area (Å²) in [5, 5.41) is 11.0. The Kier molecular flexibility index (Phi) is 5.55. The van der Waals surface area contributed by atoms with Gasteiger partial charge in [-0.15, -0.1) is 0 Å². The zero-order valence-corrected chi connectivity index (χ0v) is 12.9. The molecule has 0 N–H and O–H groups in total. The summed E-state index contributed by atoms with van der Waals surface area (Å²) in [5.74, 6) is -2.72. The smallest absolute Gasteiger partial charge is 0.518 e. The third kappa shape index (κ3) is 5.15. The Balaban J connectivity index is 2.71. The summed E-state index contributed by atoms with van der Waals surface area (Å²) in [6.07, 6.45) is 0. The number of ether oxygens (including phenoxy) is 1. The van der Waals surface area contributed by atoms with Crippen molar-refractivity contribution >= 4 is 44.5 Å². The van der Waals surface area contributed by atoms with E-state index in [9.17, 15) is 31.5 Å². The second-order valence-corrected chi connectivity index (χ2v) is 6.33. The molecule has 1 aromatic carbocycles. The summed E-state index contributed by atoms with van der Waals surface area (Å²) in [4.78, 5) is 11.4. The number of halogens is 4. The van der Waals surface area contributed by atoms with Crippen LogP contribution in [0.1, 0.15) is 10.4 Å². The average Bonchev–Trinajstić information content (AvgIpc) is 2.35. The molecule has 0 saturated heterocycles. The van der Waals surface area contributed by atoms with E-state index in [4.69, 9.17) is 0 Å². The number of hydrogen-bond donors (Lipinski definition) is 0. The molecular formula is C10H6F3INO5S-. The molecule has 0 spiro atoms. The van der Waals surface area contributed by atoms with Gasteiger partial charge in [-0.25, -0.2) is 4.79 Å². The number of benzene rings is 1. The molecule has 116 valence electrons. The number of carbonyl (C=O) groups excluding carboxylic acids is 1. The van der Waals surface area contributed by atoms with Crippen molar-refractivity contribution in [2.75, 3.05) is 6.61 Å². The van der Waals surface area contributed by atoms with E-state index in [1.807, 2.05) is 27.0 Å². The van der Waals surface area contributed by atoms with Gasteiger partial charge < -0.3 is 9.84 Å². The number of carbonyl (C=O) groups is 1. The molecule has 1 rings (SSSR count). The van der Waals surface area contributed by atoms with Crippen LogP contribution in [0.3, 0.4) is 0 Å². The van der Waals surface area contributed by atoms with Crippen LogP contribution in [-0.4, -0.2) is 32.4 Å². The van der Waals surface area contributed by atoms with Crippen molar-refractivity contribution in [1.82, 2.24) is 0 Å². The highest BCUT2D eigenvalue weighted by Gasteiger charge is 2.45. The van der Waals surface area contributed by atoms with Crippen LogP contribution < -0.4 is 5.11 Å². The number of hydrogen-bond acceptors (Lipinski definition) is 5. The van der Waals surface area contributed by atoms with Gasteiger partial charge in [0.15, 0.2) is 0 Å². The van der Waals surface area contributed by atoms with Gasteiger partial charge in [0.25, 0.3) is 0 Å². The van der Waals surface area contributed by atoms with Crippen LogP contribution in [0.25, 0.3) is 0 Å². The predicted molar refractivity (Wildman–Crippen MR) is 71.9 cm³/mol. The molecule has 11 heteroatoms. The molecule has 0 unspecified atom stereocenters. The Hall–Kier alpha value is -1.37. The molecule has 0 aromatic heterocycles. The summed E-state index contributed by atoms with van der Waals surface area (Å²) in [6.45, 7) is -1.21. The lowest BCUT2D eigenvalue weighted by Crippen LogP contribution is -2.30. The van der Waals surface area contributed by atoms with Gasteiger partial charge in [0.2, 0.25) is 0 Å². The number of rotatable bonds is 4. The third-order valence-corrected chi connectivity index (χ3v) is 3.67. The van der Waals surface area contributed by atoms with Gasteiger partial charge >= 0.3 is 21.5 Å². The van der Waals surface area contributed by atoms with Gasteiger partial charge in [-0.1, -0.05) is 0 Å². The van der Waals surface area contributed by atoms with E-state index in [1.165, 1.54) is 12.1 Å². The van der Waals surface area contributed by atoms with E-state index < -0.39 is 34.0 Å². The lowest BCUT2D eigenvalue weighted by atomic mass is 10.2. The number of alkyl halides is 3. The number of nitrogens with zero attached hydrogens (tertiary/aromatic N) is 1. The largest absolute Gasteiger partial charge is 0.859 e. The van der Waals surface area contributed by atoms with Crippen LogP contribution in [0.15, 0.2) is 28.7 Å². The summed E-state index contributed by atoms with van der Waals surface area (Å²) < 4.78 is 64.2. The quantitative estimate of drug-likeness (QED) is 0.305. The van der Waals surface area contributed by atoms with Gasteiger partial charge in [0.1, 0.15) is 6.61 Å². The van der Waals surface area contributed by atoms with Crippen molar-refractivity contribution in [3.05, 3.63) is 33.4 Å². The Labute approximate surface area is 130 Å². The zero-order chi connectivity index (χ0) is 16.3. The molecule has 0 aliphatic carbocycles. The second-order valence-electron chi connectivity index (χ2n) is 3.49. The highest BCUT2D eigenvalue weighted by atomic mass is 127. The topological polar surface area (TPSA) is 95.9 Å². The minimum absolute atomic E-state index is 0.0573. The van der Waals surface area contributed by atoms with Gasteiger partial charge in [-0.05, 0) is 46.9 Å². The van der Waals surface area contributed by atoms with Crippen molar-refractivity contribution in [3.63, 3.8) is 0 Å². The summed E-state index contributed by atoms with van der Waals surface area (Å²) >= 11 is 1.98. The first-order valence-electron chi connectivity index (χ1n) is 5.03. The summed E-state index contributed by atoms with van der Waals surface area (Å²) in [7, 11) is -5.93. The van der Waals surface area contributed by atoms with E-state index >= 15 is 0 Å². The highest BCUT2D eigenvalue weighted by Crippen LogP contribution is 2.24. The zero-order valence-electron chi connectivity index (χ0n) is 9.93. The van der Waals surface area contributed by atoms with E-state index in [1.54, 1.807) is 12.1 Å². The lowest BCUT2D eigenvalue weighted by molar-refractivity contribution is -0.221. The minimum atomic E-state index is -5.93. The Morgan fingerprint density at radius 2 is 1.81 bits per heavy atom. The Morgan fingerprint density at radius 1 is 1.29 bits per heavy atom. The van der Waals surface area contributed by atoms with Crippen LogP contribution in [0.5, 0.6) is 0 Å². The summed E-state index contributed by atoms with van der Waals surface area (Å²) in [5.41, 5.74) is -5.62. The molecule has 0 radical (unpaired) electrons. The second kappa shape index (κ2) is 6.60. The van der Waals surface area contributed by atoms with Gasteiger partial charge in [-0.3, -0.25) is 0 Å². The highest BCUT2D eigenvalue weighted by molar-refractivity contribution is 14.1. The van der Waals surface area contributed by atoms with Crippen molar-refractivity contribution < 1.29 is 36.2 Å². The number of sulfonamides is 1. The fourth-order valence-electron chi connectivity index (χ4n) is 1.01. The predicted octanol–water partition coefficient (Wildman–Crippen LogP) is 1.06. The van der Waals surface area contributed by atoms with Crippen LogP contribution in [-0.2, 0) is 14.8 Å². The SMILES string of the molecule is O=C(OC/C([O-])=N/S(=O)(=O)C(F)(F)F)c1ccc(I)cc1. The Morgan fingerprint density at radius 3 is 2.29 bits per heavy atom. The van der Waals surface area contributed by atoms with Crippen molar-refractivity contribution in [2.45, 2.75) is 5.51 Å². The van der Waals surface area contributed by atoms with Crippen LogP contribution in [0.2, 0.25) is 0 Å². The van der Waals surface area contributed by atoms with E-state index in [0.717, 1.165) is 3.57 Å². The third-order valence-electron chi connectivity index (χ3n) is 1.92. The summed E-state index contributed by atoms with van der Waals surface area (Å²) in [6, 6.07) is 5.88. The van der Waals surface area contributed by atoms with Crippen LogP contribution >= 0.6 is 22.6 Å². The minimum Gasteiger partial charge on any atom is -0.859 e. The van der Waals surface area contributed by atoms with E-state index in [-0.39, 0.29) is 5.56 Å². The maximum absolute atomic E-state index is 12.0. The molecule has 0 fully saturated rings. The Bertz CT molecular complexity index is 654. The van der Waals surface area contributed by atoms with Crippen molar-refractivity contribution in [3.8, 4) is 0 Å². The number of esters is 1. The molecule has 21 heavy (non-hydrogen) atoms. The van der Waals surface area contributed by atoms with Crippen LogP contribution in [0, 0.1) is 3.57 Å². The maximum Gasteiger partial charge on any atom is 0.518 e. The first kappa shape index (κ1) is 17.7. The molecule has 0 heterocycles. The van der Waals surface area contributed by atoms with Gasteiger partial charge in [-0.2, -0.15) is 26.0 Å². The van der Waals surface area contributed by atoms with E-state index in [0.29, 0.717) is 0 Å². The molecule has 0 aliphatic heterocycles. The maximum atomic E-state index is 12.0. The molecule has 0 bridgehead atoms. The molecule has 0 saturated carbocycles. The van der Waals surface area contributed by atoms with Crippen molar-refractivity contribution in [1.29, 1.82) is 0 Å². The normalized spacial score (nSPS) is 13.0. The molecule has 1 aromatic rings. The molecule has 0 aliphatic rings. The van der Waals surface area contributed by atoms with Gasteiger partial charge in [0, 0.05) is 9.47 Å². The molecule has 6 nitrogen and oxygen atoms in total. The van der Waals surface area contributed by atoms with Gasteiger partial charge in [0.05, 0.1) is 5.56 Å². The van der Waals surface area contributed by atoms with E-state index in [2.05, 4.69) is 4.74 Å². The fraction of sp³-hybridized carbons (Fsp3) is 0.200. The molecule has 0 atom stereocenters.